The SMILES string of the molecule is O=[N+]([O-])c1cc(Oc2cc([N+](=O)[O-])c([N+](=O)[O-])c(-c3ccccc3)c2CCBr)c(CCBr)c(-c2ccccc2)c1[N+](=O)[O-]. The van der Waals surface area contributed by atoms with E-state index in [1.54, 1.807) is 60.7 Å². The van der Waals surface area contributed by atoms with Crippen molar-refractivity contribution in [3.63, 3.8) is 0 Å². The first kappa shape index (κ1) is 31.2. The van der Waals surface area contributed by atoms with Crippen molar-refractivity contribution < 1.29 is 24.4 Å². The van der Waals surface area contributed by atoms with Crippen molar-refractivity contribution in [2.45, 2.75) is 12.8 Å². The summed E-state index contributed by atoms with van der Waals surface area (Å²) in [5.41, 5.74) is -2.16. The Kier molecular flexibility index (Phi) is 9.77. The Bertz CT molecular complexity index is 1610. The molecule has 0 heterocycles. The van der Waals surface area contributed by atoms with Crippen LogP contribution in [-0.4, -0.2) is 30.4 Å². The van der Waals surface area contributed by atoms with Crippen LogP contribution in [0.15, 0.2) is 72.8 Å². The van der Waals surface area contributed by atoms with Gasteiger partial charge in [-0.3, -0.25) is 40.5 Å². The zero-order valence-corrected chi connectivity index (χ0v) is 25.1. The zero-order chi connectivity index (χ0) is 31.3. The van der Waals surface area contributed by atoms with E-state index in [4.69, 9.17) is 4.74 Å². The molecular formula is C28H20Br2N4O9. The van der Waals surface area contributed by atoms with Crippen LogP contribution in [0.4, 0.5) is 22.7 Å². The van der Waals surface area contributed by atoms with Crippen LogP contribution in [0.2, 0.25) is 0 Å². The van der Waals surface area contributed by atoms with Crippen molar-refractivity contribution in [1.29, 1.82) is 0 Å². The van der Waals surface area contributed by atoms with Gasteiger partial charge >= 0.3 is 22.7 Å². The average molecular weight is 716 g/mol. The lowest BCUT2D eigenvalue weighted by atomic mass is 9.93. The average Bonchev–Trinajstić information content (AvgIpc) is 2.98. The van der Waals surface area contributed by atoms with E-state index in [-0.39, 0.29) is 57.3 Å². The topological polar surface area (TPSA) is 182 Å². The van der Waals surface area contributed by atoms with E-state index in [1.165, 1.54) is 0 Å². The molecular weight excluding hydrogens is 696 g/mol. The fourth-order valence-corrected chi connectivity index (χ4v) is 5.61. The van der Waals surface area contributed by atoms with Gasteiger partial charge in [-0.2, -0.15) is 0 Å². The highest BCUT2D eigenvalue weighted by molar-refractivity contribution is 9.09. The standard InChI is InChI=1S/C28H20Br2N4O9/c29-13-11-19-23(15-21(31(35)36)27(33(39)40)25(19)17-7-3-1-4-8-17)43-24-16-22(32(37)38)28(34(41)42)26(20(24)12-14-30)18-9-5-2-6-10-18/h1-10,15-16H,11-14H2. The lowest BCUT2D eigenvalue weighted by Gasteiger charge is -2.19. The summed E-state index contributed by atoms with van der Waals surface area (Å²) < 4.78 is 6.23. The number of hydrogen-bond donors (Lipinski definition) is 0. The molecule has 0 unspecified atom stereocenters. The van der Waals surface area contributed by atoms with Gasteiger partial charge in [0.1, 0.15) is 11.5 Å². The third kappa shape index (κ3) is 6.36. The van der Waals surface area contributed by atoms with Gasteiger partial charge in [0, 0.05) is 21.8 Å². The van der Waals surface area contributed by atoms with Gasteiger partial charge in [-0.1, -0.05) is 92.5 Å². The molecule has 0 radical (unpaired) electrons. The molecule has 0 fully saturated rings. The summed E-state index contributed by atoms with van der Waals surface area (Å²) in [5, 5.41) is 49.2. The van der Waals surface area contributed by atoms with Crippen LogP contribution in [0.5, 0.6) is 11.5 Å². The van der Waals surface area contributed by atoms with Crippen LogP contribution in [-0.2, 0) is 12.8 Å². The minimum absolute atomic E-state index is 0.0454. The second-order valence-corrected chi connectivity index (χ2v) is 10.5. The molecule has 4 aromatic carbocycles. The van der Waals surface area contributed by atoms with Crippen LogP contribution in [0.3, 0.4) is 0 Å². The summed E-state index contributed by atoms with van der Waals surface area (Å²) in [4.78, 5) is 45.2. The molecule has 220 valence electrons. The van der Waals surface area contributed by atoms with Crippen LogP contribution in [0.25, 0.3) is 22.3 Å². The van der Waals surface area contributed by atoms with Crippen molar-refractivity contribution in [2.75, 3.05) is 10.7 Å². The molecule has 0 atom stereocenters. The van der Waals surface area contributed by atoms with Gasteiger partial charge in [0.2, 0.25) is 0 Å². The molecule has 0 spiro atoms. The van der Waals surface area contributed by atoms with E-state index >= 15 is 0 Å². The maximum atomic E-state index is 12.2. The van der Waals surface area contributed by atoms with Crippen LogP contribution < -0.4 is 4.74 Å². The van der Waals surface area contributed by atoms with Crippen molar-refractivity contribution in [2.24, 2.45) is 0 Å². The molecule has 4 aromatic rings. The number of ether oxygens (including phenoxy) is 1. The first-order valence-electron chi connectivity index (χ1n) is 12.5. The maximum Gasteiger partial charge on any atom is 0.354 e. The van der Waals surface area contributed by atoms with E-state index in [9.17, 15) is 40.5 Å². The molecule has 0 amide bonds. The first-order chi connectivity index (χ1) is 20.6. The molecule has 0 saturated heterocycles. The number of hydrogen-bond acceptors (Lipinski definition) is 9. The van der Waals surface area contributed by atoms with Gasteiger partial charge in [-0.15, -0.1) is 0 Å². The number of nitro benzene ring substituents is 4. The Hall–Kier alpha value is -4.76. The molecule has 0 aliphatic heterocycles. The summed E-state index contributed by atoms with van der Waals surface area (Å²) in [7, 11) is 0. The van der Waals surface area contributed by atoms with Crippen LogP contribution in [0.1, 0.15) is 11.1 Å². The van der Waals surface area contributed by atoms with Gasteiger partial charge in [-0.05, 0) is 24.0 Å². The largest absolute Gasteiger partial charge is 0.456 e. The number of rotatable bonds is 12. The summed E-state index contributed by atoms with van der Waals surface area (Å²) in [5.74, 6) is -0.317. The molecule has 0 N–H and O–H groups in total. The van der Waals surface area contributed by atoms with Crippen molar-refractivity contribution in [3.8, 4) is 33.8 Å². The van der Waals surface area contributed by atoms with Crippen molar-refractivity contribution >= 4 is 54.6 Å². The summed E-state index contributed by atoms with van der Waals surface area (Å²) >= 11 is 6.66. The maximum absolute atomic E-state index is 12.2. The van der Waals surface area contributed by atoms with Gasteiger partial charge in [-0.25, -0.2) is 0 Å². The van der Waals surface area contributed by atoms with Gasteiger partial charge in [0.15, 0.2) is 0 Å². The molecule has 43 heavy (non-hydrogen) atoms. The van der Waals surface area contributed by atoms with E-state index in [0.29, 0.717) is 11.1 Å². The van der Waals surface area contributed by atoms with Crippen molar-refractivity contribution in [1.82, 2.24) is 0 Å². The smallest absolute Gasteiger partial charge is 0.354 e. The first-order valence-corrected chi connectivity index (χ1v) is 14.7. The molecule has 13 nitrogen and oxygen atoms in total. The molecule has 15 heteroatoms. The minimum atomic E-state index is -0.900. The molecule has 4 rings (SSSR count). The second-order valence-electron chi connectivity index (χ2n) is 8.93. The Morgan fingerprint density at radius 2 is 0.907 bits per heavy atom. The molecule has 0 aliphatic carbocycles. The van der Waals surface area contributed by atoms with Gasteiger partial charge in [0.25, 0.3) is 0 Å². The number of halogens is 2. The van der Waals surface area contributed by atoms with Crippen LogP contribution in [0, 0.1) is 40.5 Å². The number of alkyl halides is 2. The van der Waals surface area contributed by atoms with E-state index in [0.717, 1.165) is 12.1 Å². The quantitative estimate of drug-likeness (QED) is 0.0791. The number of nitro groups is 4. The van der Waals surface area contributed by atoms with Gasteiger partial charge in [0.05, 0.1) is 43.0 Å². The molecule has 0 aliphatic rings. The van der Waals surface area contributed by atoms with Crippen LogP contribution >= 0.6 is 31.9 Å². The Balaban J connectivity index is 2.14. The summed E-state index contributed by atoms with van der Waals surface area (Å²) in [6, 6.07) is 17.9. The highest BCUT2D eigenvalue weighted by Crippen LogP contribution is 2.50. The number of benzene rings is 4. The zero-order valence-electron chi connectivity index (χ0n) is 22.0. The highest BCUT2D eigenvalue weighted by Gasteiger charge is 2.37. The van der Waals surface area contributed by atoms with Crippen molar-refractivity contribution in [3.05, 3.63) is 124 Å². The van der Waals surface area contributed by atoms with E-state index < -0.39 is 42.4 Å². The van der Waals surface area contributed by atoms with Gasteiger partial charge < -0.3 is 4.74 Å². The number of nitrogens with zero attached hydrogens (tertiary/aromatic N) is 4. The third-order valence-corrected chi connectivity index (χ3v) is 7.28. The Labute approximate surface area is 260 Å². The summed E-state index contributed by atoms with van der Waals surface area (Å²) in [6.45, 7) is 0. The minimum Gasteiger partial charge on any atom is -0.456 e. The van der Waals surface area contributed by atoms with E-state index in [2.05, 4.69) is 31.9 Å². The molecule has 0 aromatic heterocycles. The Morgan fingerprint density at radius 3 is 1.19 bits per heavy atom. The fourth-order valence-electron chi connectivity index (χ4n) is 4.81. The molecule has 0 saturated carbocycles. The predicted molar refractivity (Wildman–Crippen MR) is 165 cm³/mol. The molecule has 0 bridgehead atoms. The lowest BCUT2D eigenvalue weighted by Crippen LogP contribution is -2.08. The summed E-state index contributed by atoms with van der Waals surface area (Å²) in [6.07, 6.45) is 0.236. The normalized spacial score (nSPS) is 10.7. The predicted octanol–water partition coefficient (Wildman–Crippen LogP) is 8.32. The monoisotopic (exact) mass is 714 g/mol. The second kappa shape index (κ2) is 13.5. The highest BCUT2D eigenvalue weighted by atomic mass is 79.9. The fraction of sp³-hybridized carbons (Fsp3) is 0.143. The Morgan fingerprint density at radius 1 is 0.558 bits per heavy atom. The lowest BCUT2D eigenvalue weighted by molar-refractivity contribution is -0.422. The van der Waals surface area contributed by atoms with E-state index in [1.807, 2.05) is 0 Å². The third-order valence-electron chi connectivity index (χ3n) is 6.49.